The summed E-state index contributed by atoms with van der Waals surface area (Å²) < 4.78 is 4.78. The molecule has 5 nitrogen and oxygen atoms in total. The molecule has 0 fully saturated rings. The number of esters is 1. The number of carbonyl (C=O) groups is 2. The summed E-state index contributed by atoms with van der Waals surface area (Å²) in [7, 11) is 0. The number of carbonyl (C=O) groups excluding carboxylic acids is 1. The van der Waals surface area contributed by atoms with Crippen molar-refractivity contribution >= 4 is 63.3 Å². The van der Waals surface area contributed by atoms with E-state index in [1.54, 1.807) is 38.1 Å². The quantitative estimate of drug-likeness (QED) is 0.470. The minimum atomic E-state index is -0.968. The maximum atomic E-state index is 11.2. The van der Waals surface area contributed by atoms with Crippen LogP contribution in [0.25, 0.3) is 0 Å². The molecule has 0 aliphatic rings. The van der Waals surface area contributed by atoms with Crippen molar-refractivity contribution in [2.24, 2.45) is 0 Å². The fraction of sp³-hybridized carbons (Fsp3) is 0.286. The Morgan fingerprint density at radius 1 is 1.35 bits per heavy atom. The van der Waals surface area contributed by atoms with Gasteiger partial charge in [0.05, 0.1) is 12.2 Å². The molecule has 0 radical (unpaired) electrons. The Kier molecular flexibility index (Phi) is 9.78. The molecular weight excluding hydrogens is 285 g/mol. The van der Waals surface area contributed by atoms with E-state index in [1.165, 1.54) is 6.08 Å². The molecule has 0 unspecified atom stereocenters. The Bertz CT molecular complexity index is 500. The molecule has 2 N–H and O–H groups in total. The van der Waals surface area contributed by atoms with Gasteiger partial charge in [0.15, 0.2) is 0 Å². The van der Waals surface area contributed by atoms with E-state index in [0.29, 0.717) is 24.4 Å². The molecule has 1 aromatic carbocycles. The summed E-state index contributed by atoms with van der Waals surface area (Å²) in [6.07, 6.45) is 1.34. The van der Waals surface area contributed by atoms with Gasteiger partial charge in [-0.3, -0.25) is 0 Å². The van der Waals surface area contributed by atoms with Gasteiger partial charge in [0, 0.05) is 18.3 Å². The number of ether oxygens (including phenoxy) is 1. The summed E-state index contributed by atoms with van der Waals surface area (Å²) in [5.41, 5.74) is 1.53. The number of hydrogen-bond donors (Lipinski definition) is 2. The molecule has 1 aromatic rings. The van der Waals surface area contributed by atoms with Gasteiger partial charge in [0.1, 0.15) is 0 Å². The van der Waals surface area contributed by atoms with Gasteiger partial charge in [0.2, 0.25) is 0 Å². The number of carboxylic acid groups (broad SMARTS) is 1. The van der Waals surface area contributed by atoms with Crippen LogP contribution in [0.4, 0.5) is 0 Å². The van der Waals surface area contributed by atoms with Gasteiger partial charge in [-0.2, -0.15) is 0 Å². The number of allylic oxidation sites excluding steroid dienone is 1. The van der Waals surface area contributed by atoms with E-state index < -0.39 is 11.9 Å². The molecule has 0 saturated heterocycles. The third-order valence-corrected chi connectivity index (χ3v) is 2.43. The van der Waals surface area contributed by atoms with Crippen molar-refractivity contribution in [1.29, 1.82) is 0 Å². The Morgan fingerprint density at radius 3 is 2.60 bits per heavy atom. The van der Waals surface area contributed by atoms with Crippen molar-refractivity contribution < 1.29 is 19.4 Å². The van der Waals surface area contributed by atoms with Gasteiger partial charge in [-0.25, -0.2) is 9.59 Å². The van der Waals surface area contributed by atoms with Crippen molar-refractivity contribution in [2.45, 2.75) is 20.4 Å². The van der Waals surface area contributed by atoms with Gasteiger partial charge in [0.25, 0.3) is 0 Å². The fourth-order valence-electron chi connectivity index (χ4n) is 1.53. The third-order valence-electron chi connectivity index (χ3n) is 2.43. The third kappa shape index (κ3) is 6.67. The minimum absolute atomic E-state index is 0. The van der Waals surface area contributed by atoms with Crippen LogP contribution in [0.5, 0.6) is 0 Å². The summed E-state index contributed by atoms with van der Waals surface area (Å²) in [4.78, 5) is 22.2. The molecule has 0 bridgehead atoms. The number of nitrogens with one attached hydrogen (secondary N) is 1. The van der Waals surface area contributed by atoms with Crippen molar-refractivity contribution in [3.8, 4) is 0 Å². The zero-order valence-corrected chi connectivity index (χ0v) is 11.0. The first-order valence-electron chi connectivity index (χ1n) is 5.94. The first-order chi connectivity index (χ1) is 9.04. The van der Waals surface area contributed by atoms with Crippen LogP contribution in [0.15, 0.2) is 36.0 Å². The van der Waals surface area contributed by atoms with E-state index in [1.807, 2.05) is 0 Å². The van der Waals surface area contributed by atoms with E-state index in [-0.39, 0.29) is 56.9 Å². The van der Waals surface area contributed by atoms with Crippen molar-refractivity contribution in [2.75, 3.05) is 6.61 Å². The second-order valence-electron chi connectivity index (χ2n) is 3.90. The molecule has 0 aromatic heterocycles. The Labute approximate surface area is 160 Å². The molecule has 0 heterocycles. The number of carboxylic acids is 1. The van der Waals surface area contributed by atoms with E-state index in [0.717, 1.165) is 0 Å². The standard InChI is InChI=1S/C14H17NO4.K.H/c1-3-19-13(16)8-10(2)15-9-11-6-4-5-7-12(11)14(17)18;;/h4-8,15H,3,9H2,1-2H3,(H,17,18);;/b10-8-;;. The molecule has 20 heavy (non-hydrogen) atoms. The second kappa shape index (κ2) is 10.1. The van der Waals surface area contributed by atoms with Crippen molar-refractivity contribution in [3.63, 3.8) is 0 Å². The van der Waals surface area contributed by atoms with Crippen LogP contribution >= 0.6 is 0 Å². The monoisotopic (exact) mass is 303 g/mol. The first-order valence-corrected chi connectivity index (χ1v) is 5.94. The Morgan fingerprint density at radius 2 is 2.00 bits per heavy atom. The zero-order valence-electron chi connectivity index (χ0n) is 11.0. The SMILES string of the molecule is CCOC(=O)/C=C(/C)NCc1ccccc1C(=O)O.[KH]. The van der Waals surface area contributed by atoms with Gasteiger partial charge < -0.3 is 15.2 Å². The summed E-state index contributed by atoms with van der Waals surface area (Å²) in [6, 6.07) is 6.72. The van der Waals surface area contributed by atoms with Crippen LogP contribution in [0.2, 0.25) is 0 Å². The first kappa shape index (κ1) is 19.3. The van der Waals surface area contributed by atoms with Gasteiger partial charge >= 0.3 is 63.3 Å². The molecule has 0 aliphatic heterocycles. The molecule has 6 heteroatoms. The molecular formula is C14H18KNO4. The van der Waals surface area contributed by atoms with Crippen LogP contribution in [0.1, 0.15) is 29.8 Å². The van der Waals surface area contributed by atoms with E-state index in [4.69, 9.17) is 9.84 Å². The predicted octanol–water partition coefficient (Wildman–Crippen LogP) is 1.29. The normalized spacial score (nSPS) is 10.4. The summed E-state index contributed by atoms with van der Waals surface area (Å²) in [6.45, 7) is 4.12. The summed E-state index contributed by atoms with van der Waals surface area (Å²) in [5.74, 6) is -1.39. The summed E-state index contributed by atoms with van der Waals surface area (Å²) in [5, 5.41) is 12.0. The number of benzene rings is 1. The average molecular weight is 303 g/mol. The molecule has 0 spiro atoms. The molecule has 0 saturated carbocycles. The molecule has 0 amide bonds. The number of rotatable bonds is 6. The number of aromatic carboxylic acids is 1. The van der Waals surface area contributed by atoms with E-state index >= 15 is 0 Å². The van der Waals surface area contributed by atoms with Crippen LogP contribution < -0.4 is 5.32 Å². The molecule has 104 valence electrons. The van der Waals surface area contributed by atoms with Crippen LogP contribution in [-0.4, -0.2) is 75.0 Å². The van der Waals surface area contributed by atoms with Crippen LogP contribution in [0.3, 0.4) is 0 Å². The van der Waals surface area contributed by atoms with Crippen LogP contribution in [0, 0.1) is 0 Å². The van der Waals surface area contributed by atoms with Gasteiger partial charge in [-0.15, -0.1) is 0 Å². The summed E-state index contributed by atoms with van der Waals surface area (Å²) >= 11 is 0. The number of hydrogen-bond acceptors (Lipinski definition) is 4. The van der Waals surface area contributed by atoms with Gasteiger partial charge in [-0.05, 0) is 25.5 Å². The fourth-order valence-corrected chi connectivity index (χ4v) is 1.53. The van der Waals surface area contributed by atoms with E-state index in [9.17, 15) is 9.59 Å². The Hall–Kier alpha value is -0.664. The van der Waals surface area contributed by atoms with Crippen LogP contribution in [-0.2, 0) is 16.1 Å². The Balaban J connectivity index is 0.00000361. The maximum absolute atomic E-state index is 11.2. The molecule has 1 rings (SSSR count). The second-order valence-corrected chi connectivity index (χ2v) is 3.90. The topological polar surface area (TPSA) is 75.6 Å². The van der Waals surface area contributed by atoms with Gasteiger partial charge in [-0.1, -0.05) is 18.2 Å². The van der Waals surface area contributed by atoms with Crippen molar-refractivity contribution in [1.82, 2.24) is 5.32 Å². The molecule has 0 aliphatic carbocycles. The predicted molar refractivity (Wildman–Crippen MR) is 77.8 cm³/mol. The van der Waals surface area contributed by atoms with Crippen molar-refractivity contribution in [3.05, 3.63) is 47.2 Å². The van der Waals surface area contributed by atoms with E-state index in [2.05, 4.69) is 5.32 Å². The molecule has 0 atom stereocenters. The zero-order chi connectivity index (χ0) is 14.3. The average Bonchev–Trinajstić information content (AvgIpc) is 2.36.